The Morgan fingerprint density at radius 2 is 1.82 bits per heavy atom. The normalized spacial score (nSPS) is 25.6. The second-order valence-corrected chi connectivity index (χ2v) is 5.22. The Morgan fingerprint density at radius 3 is 2.65 bits per heavy atom. The van der Waals surface area contributed by atoms with Gasteiger partial charge in [-0.25, -0.2) is 0 Å². The van der Waals surface area contributed by atoms with E-state index in [1.807, 2.05) is 12.1 Å². The molecule has 0 saturated carbocycles. The van der Waals surface area contributed by atoms with Gasteiger partial charge in [-0.15, -0.1) is 0 Å². The Hall–Kier alpha value is -1.22. The number of anilines is 2. The first-order valence-corrected chi connectivity index (χ1v) is 6.67. The lowest BCUT2D eigenvalue weighted by atomic mass is 9.99. The molecule has 0 amide bonds. The summed E-state index contributed by atoms with van der Waals surface area (Å²) in [5.74, 6) is 0. The van der Waals surface area contributed by atoms with Crippen molar-refractivity contribution in [2.75, 3.05) is 36.8 Å². The monoisotopic (exact) mass is 231 g/mol. The second-order valence-electron chi connectivity index (χ2n) is 5.22. The number of hydrogen-bond donors (Lipinski definition) is 1. The molecular formula is C14H21N3. The second kappa shape index (κ2) is 4.57. The van der Waals surface area contributed by atoms with Gasteiger partial charge in [-0.05, 0) is 43.7 Å². The molecule has 0 spiro atoms. The van der Waals surface area contributed by atoms with Crippen molar-refractivity contribution >= 4 is 11.4 Å². The third kappa shape index (κ3) is 2.25. The summed E-state index contributed by atoms with van der Waals surface area (Å²) >= 11 is 0. The molecule has 0 bridgehead atoms. The fourth-order valence-electron chi connectivity index (χ4n) is 3.08. The number of rotatable bonds is 1. The fraction of sp³-hybridized carbons (Fsp3) is 0.571. The SMILES string of the molecule is Nc1ccc(N2CCN3CCCCC3C2)cc1. The minimum Gasteiger partial charge on any atom is -0.399 e. The summed E-state index contributed by atoms with van der Waals surface area (Å²) in [5.41, 5.74) is 7.91. The molecule has 2 N–H and O–H groups in total. The Kier molecular flexibility index (Phi) is 2.93. The summed E-state index contributed by atoms with van der Waals surface area (Å²) in [6, 6.07) is 9.07. The van der Waals surface area contributed by atoms with Crippen molar-refractivity contribution in [2.24, 2.45) is 0 Å². The number of nitrogen functional groups attached to an aromatic ring is 1. The van der Waals surface area contributed by atoms with E-state index in [4.69, 9.17) is 5.73 Å². The van der Waals surface area contributed by atoms with Crippen LogP contribution in [0.3, 0.4) is 0 Å². The predicted octanol–water partition coefficient (Wildman–Crippen LogP) is 1.94. The standard InChI is InChI=1S/C14H21N3/c15-12-4-6-13(7-5-12)17-10-9-16-8-2-1-3-14(16)11-17/h4-7,14H,1-3,8-11,15H2. The highest BCUT2D eigenvalue weighted by atomic mass is 15.3. The van der Waals surface area contributed by atoms with E-state index in [9.17, 15) is 0 Å². The summed E-state index contributed by atoms with van der Waals surface area (Å²) in [6.07, 6.45) is 4.15. The zero-order valence-corrected chi connectivity index (χ0v) is 10.3. The molecule has 2 heterocycles. The van der Waals surface area contributed by atoms with Crippen LogP contribution in [0.2, 0.25) is 0 Å². The first-order chi connectivity index (χ1) is 8.33. The lowest BCUT2D eigenvalue weighted by Gasteiger charge is -2.44. The van der Waals surface area contributed by atoms with Crippen LogP contribution in [0.5, 0.6) is 0 Å². The molecule has 1 aromatic rings. The van der Waals surface area contributed by atoms with Gasteiger partial charge in [0.05, 0.1) is 0 Å². The van der Waals surface area contributed by atoms with Gasteiger partial charge in [0.25, 0.3) is 0 Å². The topological polar surface area (TPSA) is 32.5 Å². The van der Waals surface area contributed by atoms with Gasteiger partial charge in [0, 0.05) is 37.1 Å². The molecule has 92 valence electrons. The molecule has 2 fully saturated rings. The molecule has 2 aliphatic rings. The summed E-state index contributed by atoms with van der Waals surface area (Å²) in [5, 5.41) is 0. The van der Waals surface area contributed by atoms with Gasteiger partial charge in [0.1, 0.15) is 0 Å². The van der Waals surface area contributed by atoms with Crippen LogP contribution in [0.1, 0.15) is 19.3 Å². The Labute approximate surface area is 103 Å². The van der Waals surface area contributed by atoms with Gasteiger partial charge in [-0.3, -0.25) is 4.90 Å². The van der Waals surface area contributed by atoms with Crippen LogP contribution < -0.4 is 10.6 Å². The maximum Gasteiger partial charge on any atom is 0.0368 e. The number of nitrogens with zero attached hydrogens (tertiary/aromatic N) is 2. The highest BCUT2D eigenvalue weighted by Gasteiger charge is 2.28. The van der Waals surface area contributed by atoms with Crippen LogP contribution in [0.4, 0.5) is 11.4 Å². The molecule has 3 rings (SSSR count). The van der Waals surface area contributed by atoms with Crippen molar-refractivity contribution in [3.8, 4) is 0 Å². The van der Waals surface area contributed by atoms with E-state index >= 15 is 0 Å². The first kappa shape index (κ1) is 10.9. The van der Waals surface area contributed by atoms with E-state index in [1.54, 1.807) is 0 Å². The van der Waals surface area contributed by atoms with Crippen molar-refractivity contribution < 1.29 is 0 Å². The molecule has 1 unspecified atom stereocenters. The minimum absolute atomic E-state index is 0.773. The number of piperidine rings is 1. The number of fused-ring (bicyclic) bond motifs is 1. The molecule has 2 saturated heterocycles. The quantitative estimate of drug-likeness (QED) is 0.750. The molecule has 0 radical (unpaired) electrons. The zero-order valence-electron chi connectivity index (χ0n) is 10.3. The van der Waals surface area contributed by atoms with E-state index < -0.39 is 0 Å². The van der Waals surface area contributed by atoms with Crippen LogP contribution in [-0.2, 0) is 0 Å². The maximum absolute atomic E-state index is 5.74. The van der Waals surface area contributed by atoms with Gasteiger partial charge in [-0.1, -0.05) is 6.42 Å². The van der Waals surface area contributed by atoms with Gasteiger partial charge < -0.3 is 10.6 Å². The summed E-state index contributed by atoms with van der Waals surface area (Å²) in [4.78, 5) is 5.17. The molecule has 0 aromatic heterocycles. The highest BCUT2D eigenvalue weighted by molar-refractivity contribution is 5.53. The molecule has 1 aromatic carbocycles. The van der Waals surface area contributed by atoms with E-state index in [1.165, 1.54) is 44.6 Å². The van der Waals surface area contributed by atoms with Crippen LogP contribution >= 0.6 is 0 Å². The number of benzene rings is 1. The average Bonchev–Trinajstić information content (AvgIpc) is 2.39. The molecule has 0 aliphatic carbocycles. The summed E-state index contributed by atoms with van der Waals surface area (Å²) in [7, 11) is 0. The Balaban J connectivity index is 1.71. The van der Waals surface area contributed by atoms with Gasteiger partial charge in [0.15, 0.2) is 0 Å². The van der Waals surface area contributed by atoms with Crippen molar-refractivity contribution in [3.05, 3.63) is 24.3 Å². The van der Waals surface area contributed by atoms with E-state index in [0.29, 0.717) is 0 Å². The van der Waals surface area contributed by atoms with Gasteiger partial charge >= 0.3 is 0 Å². The van der Waals surface area contributed by atoms with Crippen molar-refractivity contribution in [1.82, 2.24) is 4.90 Å². The lowest BCUT2D eigenvalue weighted by Crippen LogP contribution is -2.54. The smallest absolute Gasteiger partial charge is 0.0368 e. The third-order valence-electron chi connectivity index (χ3n) is 4.10. The van der Waals surface area contributed by atoms with Gasteiger partial charge in [-0.2, -0.15) is 0 Å². The molecule has 3 heteroatoms. The number of hydrogen-bond acceptors (Lipinski definition) is 3. The average molecular weight is 231 g/mol. The molecule has 3 nitrogen and oxygen atoms in total. The number of piperazine rings is 1. The van der Waals surface area contributed by atoms with Crippen LogP contribution in [-0.4, -0.2) is 37.1 Å². The van der Waals surface area contributed by atoms with Crippen molar-refractivity contribution in [1.29, 1.82) is 0 Å². The van der Waals surface area contributed by atoms with Crippen molar-refractivity contribution in [3.63, 3.8) is 0 Å². The van der Waals surface area contributed by atoms with Crippen LogP contribution in [0, 0.1) is 0 Å². The zero-order chi connectivity index (χ0) is 11.7. The molecule has 17 heavy (non-hydrogen) atoms. The maximum atomic E-state index is 5.74. The highest BCUT2D eigenvalue weighted by Crippen LogP contribution is 2.25. The molecule has 2 aliphatic heterocycles. The third-order valence-corrected chi connectivity index (χ3v) is 4.10. The van der Waals surface area contributed by atoms with E-state index in [-0.39, 0.29) is 0 Å². The summed E-state index contributed by atoms with van der Waals surface area (Å²) < 4.78 is 0. The first-order valence-electron chi connectivity index (χ1n) is 6.67. The van der Waals surface area contributed by atoms with Crippen molar-refractivity contribution in [2.45, 2.75) is 25.3 Å². The predicted molar refractivity (Wildman–Crippen MR) is 72.3 cm³/mol. The van der Waals surface area contributed by atoms with E-state index in [0.717, 1.165) is 18.3 Å². The number of nitrogens with two attached hydrogens (primary N) is 1. The van der Waals surface area contributed by atoms with Crippen LogP contribution in [0.15, 0.2) is 24.3 Å². The Bertz CT molecular complexity index is 374. The summed E-state index contributed by atoms with van der Waals surface area (Å²) in [6.45, 7) is 4.86. The lowest BCUT2D eigenvalue weighted by molar-refractivity contribution is 0.133. The van der Waals surface area contributed by atoms with Crippen LogP contribution in [0.25, 0.3) is 0 Å². The largest absolute Gasteiger partial charge is 0.399 e. The fourth-order valence-corrected chi connectivity index (χ4v) is 3.08. The molecule has 1 atom stereocenters. The Morgan fingerprint density at radius 1 is 1.00 bits per heavy atom. The van der Waals surface area contributed by atoms with E-state index in [2.05, 4.69) is 21.9 Å². The minimum atomic E-state index is 0.773. The van der Waals surface area contributed by atoms with Gasteiger partial charge in [0.2, 0.25) is 0 Å². The molecular weight excluding hydrogens is 210 g/mol.